The van der Waals surface area contributed by atoms with Crippen LogP contribution in [0.15, 0.2) is 24.3 Å². The molecule has 1 aliphatic carbocycles. The van der Waals surface area contributed by atoms with Crippen LogP contribution in [-0.4, -0.2) is 64.3 Å². The average Bonchev–Trinajstić information content (AvgIpc) is 2.72. The number of nitrogens with zero attached hydrogens (tertiary/aromatic N) is 1. The molecule has 10 nitrogen and oxygen atoms in total. The summed E-state index contributed by atoms with van der Waals surface area (Å²) in [6, 6.07) is 5.97. The number of likely N-dealkylation sites (tertiary alicyclic amines) is 1. The highest BCUT2D eigenvalue weighted by atomic mass is 16.4. The lowest BCUT2D eigenvalue weighted by Crippen LogP contribution is -2.63. The van der Waals surface area contributed by atoms with Gasteiger partial charge in [-0.1, -0.05) is 43.5 Å². The number of carbonyl (C=O) groups is 3. The molecule has 0 aromatic heterocycles. The van der Waals surface area contributed by atoms with Gasteiger partial charge < -0.3 is 26.5 Å². The van der Waals surface area contributed by atoms with Crippen LogP contribution < -0.4 is 16.4 Å². The zero-order valence-electron chi connectivity index (χ0n) is 18.1. The van der Waals surface area contributed by atoms with Crippen LogP contribution in [0, 0.1) is 11.3 Å². The molecule has 1 saturated carbocycles. The van der Waals surface area contributed by atoms with Crippen molar-refractivity contribution in [2.24, 2.45) is 11.7 Å². The first kappa shape index (κ1) is 25.3. The maximum atomic E-state index is 13.2. The first-order chi connectivity index (χ1) is 14.9. The minimum atomic E-state index is -0.998. The molecule has 1 aliphatic heterocycles. The Balaban J connectivity index is 0.00000363. The molecule has 10 heteroatoms. The third-order valence-corrected chi connectivity index (χ3v) is 6.20. The summed E-state index contributed by atoms with van der Waals surface area (Å²) in [5.41, 5.74) is 6.94. The molecule has 0 bridgehead atoms. The van der Waals surface area contributed by atoms with Crippen molar-refractivity contribution in [1.29, 1.82) is 5.41 Å². The van der Waals surface area contributed by atoms with Crippen LogP contribution in [0.25, 0.3) is 0 Å². The van der Waals surface area contributed by atoms with Crippen molar-refractivity contribution in [3.05, 3.63) is 35.4 Å². The quantitative estimate of drug-likeness (QED) is 0.262. The fourth-order valence-electron chi connectivity index (χ4n) is 4.33. The van der Waals surface area contributed by atoms with Gasteiger partial charge in [0.05, 0.1) is 12.6 Å². The lowest BCUT2D eigenvalue weighted by Gasteiger charge is -2.43. The van der Waals surface area contributed by atoms with E-state index in [2.05, 4.69) is 10.6 Å². The van der Waals surface area contributed by atoms with Gasteiger partial charge in [-0.3, -0.25) is 25.1 Å². The van der Waals surface area contributed by atoms with Crippen LogP contribution in [0.2, 0.25) is 0 Å². The Bertz CT molecular complexity index is 823. The maximum absolute atomic E-state index is 13.2. The molecule has 8 N–H and O–H groups in total. The van der Waals surface area contributed by atoms with E-state index in [1.54, 1.807) is 29.2 Å². The zero-order chi connectivity index (χ0) is 22.4. The van der Waals surface area contributed by atoms with Crippen molar-refractivity contribution < 1.29 is 25.0 Å². The van der Waals surface area contributed by atoms with Crippen molar-refractivity contribution in [3.8, 4) is 0 Å². The van der Waals surface area contributed by atoms with Gasteiger partial charge in [0.1, 0.15) is 11.9 Å². The molecule has 2 atom stereocenters. The van der Waals surface area contributed by atoms with Crippen molar-refractivity contribution in [3.63, 3.8) is 0 Å². The third-order valence-electron chi connectivity index (χ3n) is 6.20. The molecular weight excluding hydrogens is 414 g/mol. The number of aliphatic carboxylic acids is 1. The first-order valence-corrected chi connectivity index (χ1v) is 10.8. The number of rotatable bonds is 9. The fraction of sp³-hybridized carbons (Fsp3) is 0.545. The lowest BCUT2D eigenvalue weighted by molar-refractivity contribution is -0.150. The van der Waals surface area contributed by atoms with E-state index in [0.29, 0.717) is 25.1 Å². The van der Waals surface area contributed by atoms with Gasteiger partial charge in [-0.2, -0.15) is 0 Å². The highest BCUT2D eigenvalue weighted by Crippen LogP contribution is 2.29. The summed E-state index contributed by atoms with van der Waals surface area (Å²) in [6.07, 6.45) is 5.59. The molecule has 1 heterocycles. The standard InChI is InChI=1S/C22H31N5O4.H2O/c23-20(24)16-8-6-14(7-9-16)12-26-21(30)17-10-11-27(17)22(31)19(25-13-18(28)29)15-4-2-1-3-5-15;/h6-9,15,17,19,25H,1-5,10-13H2,(H3,23,24)(H,26,30)(H,28,29);1H2/t17-,19?;/m0./s1. The molecule has 2 amide bonds. The summed E-state index contributed by atoms with van der Waals surface area (Å²) in [6.45, 7) is 0.551. The first-order valence-electron chi connectivity index (χ1n) is 10.8. The van der Waals surface area contributed by atoms with E-state index in [9.17, 15) is 14.4 Å². The molecule has 32 heavy (non-hydrogen) atoms. The Kier molecular flexibility index (Phi) is 9.15. The molecule has 2 aliphatic rings. The van der Waals surface area contributed by atoms with Gasteiger partial charge >= 0.3 is 5.97 Å². The Labute approximate surface area is 187 Å². The Morgan fingerprint density at radius 2 is 1.78 bits per heavy atom. The monoisotopic (exact) mass is 447 g/mol. The van der Waals surface area contributed by atoms with Gasteiger partial charge in [0.15, 0.2) is 0 Å². The number of hydrogen-bond acceptors (Lipinski definition) is 5. The number of amidine groups is 1. The SMILES string of the molecule is N=C(N)c1ccc(CNC(=O)[C@@H]2CCN2C(=O)C(NCC(=O)O)C2CCCCC2)cc1.O. The van der Waals surface area contributed by atoms with E-state index in [1.807, 2.05) is 0 Å². The predicted octanol–water partition coefficient (Wildman–Crippen LogP) is -0.0138. The zero-order valence-corrected chi connectivity index (χ0v) is 18.1. The molecule has 1 unspecified atom stereocenters. The van der Waals surface area contributed by atoms with Crippen molar-refractivity contribution in [2.75, 3.05) is 13.1 Å². The normalized spacial score (nSPS) is 19.2. The van der Waals surface area contributed by atoms with E-state index in [0.717, 1.165) is 37.7 Å². The summed E-state index contributed by atoms with van der Waals surface area (Å²) in [5, 5.41) is 22.3. The maximum Gasteiger partial charge on any atom is 0.317 e. The number of benzene rings is 1. The summed E-state index contributed by atoms with van der Waals surface area (Å²) < 4.78 is 0. The van der Waals surface area contributed by atoms with Gasteiger partial charge in [-0.05, 0) is 30.7 Å². The van der Waals surface area contributed by atoms with E-state index in [4.69, 9.17) is 16.2 Å². The summed E-state index contributed by atoms with van der Waals surface area (Å²) in [7, 11) is 0. The molecule has 176 valence electrons. The molecule has 0 spiro atoms. The molecule has 1 saturated heterocycles. The number of carboxylic acid groups (broad SMARTS) is 1. The minimum absolute atomic E-state index is 0. The number of carbonyl (C=O) groups excluding carboxylic acids is 2. The number of nitrogen functional groups attached to an aromatic ring is 1. The van der Waals surface area contributed by atoms with Gasteiger partial charge in [-0.15, -0.1) is 0 Å². The Morgan fingerprint density at radius 1 is 1.12 bits per heavy atom. The number of nitrogens with two attached hydrogens (primary N) is 1. The van der Waals surface area contributed by atoms with Crippen LogP contribution in [-0.2, 0) is 20.9 Å². The van der Waals surface area contributed by atoms with E-state index >= 15 is 0 Å². The number of hydrogen-bond donors (Lipinski definition) is 5. The second kappa shape index (κ2) is 11.6. The summed E-state index contributed by atoms with van der Waals surface area (Å²) in [5.74, 6) is -1.29. The van der Waals surface area contributed by atoms with Gasteiger partial charge in [0.25, 0.3) is 0 Å². The van der Waals surface area contributed by atoms with Crippen LogP contribution >= 0.6 is 0 Å². The smallest absolute Gasteiger partial charge is 0.317 e. The van der Waals surface area contributed by atoms with Crippen molar-refractivity contribution >= 4 is 23.6 Å². The van der Waals surface area contributed by atoms with Crippen LogP contribution in [0.3, 0.4) is 0 Å². The van der Waals surface area contributed by atoms with Crippen LogP contribution in [0.5, 0.6) is 0 Å². The molecule has 1 aromatic carbocycles. The van der Waals surface area contributed by atoms with Crippen LogP contribution in [0.1, 0.15) is 49.7 Å². The highest BCUT2D eigenvalue weighted by Gasteiger charge is 2.42. The Hall–Kier alpha value is -2.98. The van der Waals surface area contributed by atoms with Gasteiger partial charge in [0.2, 0.25) is 11.8 Å². The molecule has 2 fully saturated rings. The number of amides is 2. The molecule has 1 aromatic rings. The fourth-order valence-corrected chi connectivity index (χ4v) is 4.33. The van der Waals surface area contributed by atoms with Crippen molar-refractivity contribution in [2.45, 2.75) is 57.2 Å². The minimum Gasteiger partial charge on any atom is -0.480 e. The topological polar surface area (TPSA) is 180 Å². The second-order valence-electron chi connectivity index (χ2n) is 8.31. The molecule has 3 rings (SSSR count). The predicted molar refractivity (Wildman–Crippen MR) is 119 cm³/mol. The van der Waals surface area contributed by atoms with E-state index < -0.39 is 18.1 Å². The van der Waals surface area contributed by atoms with Gasteiger partial charge in [-0.25, -0.2) is 0 Å². The van der Waals surface area contributed by atoms with Crippen LogP contribution in [0.4, 0.5) is 0 Å². The van der Waals surface area contributed by atoms with E-state index in [1.165, 1.54) is 0 Å². The Morgan fingerprint density at radius 3 is 2.31 bits per heavy atom. The largest absolute Gasteiger partial charge is 0.480 e. The van der Waals surface area contributed by atoms with Crippen molar-refractivity contribution in [1.82, 2.24) is 15.5 Å². The molecule has 0 radical (unpaired) electrons. The van der Waals surface area contributed by atoms with E-state index in [-0.39, 0.29) is 35.6 Å². The summed E-state index contributed by atoms with van der Waals surface area (Å²) in [4.78, 5) is 38.5. The second-order valence-corrected chi connectivity index (χ2v) is 8.31. The molecular formula is C22H33N5O5. The third kappa shape index (κ3) is 6.27. The number of carboxylic acids is 1. The number of nitrogens with one attached hydrogen (secondary N) is 3. The average molecular weight is 448 g/mol. The van der Waals surface area contributed by atoms with Gasteiger partial charge in [0, 0.05) is 18.7 Å². The summed E-state index contributed by atoms with van der Waals surface area (Å²) >= 11 is 0. The highest BCUT2D eigenvalue weighted by molar-refractivity contribution is 5.95. The lowest BCUT2D eigenvalue weighted by atomic mass is 9.82.